The lowest BCUT2D eigenvalue weighted by Crippen LogP contribution is -2.34. The quantitative estimate of drug-likeness (QED) is 0.657. The minimum Gasteiger partial charge on any atom is -0.480 e. The molecule has 0 aliphatic heterocycles. The number of aliphatic carboxylic acids is 1. The van der Waals surface area contributed by atoms with Crippen LogP contribution >= 0.6 is 11.5 Å². The summed E-state index contributed by atoms with van der Waals surface area (Å²) in [6, 6.07) is 8.80. The Morgan fingerprint density at radius 2 is 1.96 bits per heavy atom. The van der Waals surface area contributed by atoms with E-state index in [4.69, 9.17) is 5.11 Å². The van der Waals surface area contributed by atoms with Crippen molar-refractivity contribution in [2.45, 2.75) is 38.9 Å². The van der Waals surface area contributed by atoms with Gasteiger partial charge >= 0.3 is 16.5 Å². The van der Waals surface area contributed by atoms with E-state index >= 15 is 0 Å². The van der Waals surface area contributed by atoms with Gasteiger partial charge in [0, 0.05) is 18.1 Å². The van der Waals surface area contributed by atoms with Gasteiger partial charge in [0.25, 0.3) is 0 Å². The molecule has 0 unspecified atom stereocenters. The highest BCUT2D eigenvalue weighted by Crippen LogP contribution is 2.01. The van der Waals surface area contributed by atoms with Gasteiger partial charge in [0.1, 0.15) is 6.04 Å². The van der Waals surface area contributed by atoms with Crippen LogP contribution in [0, 0.1) is 0 Å². The van der Waals surface area contributed by atoms with Crippen molar-refractivity contribution in [3.63, 3.8) is 0 Å². The number of nitrogens with one attached hydrogen (secondary N) is 1. The topological polar surface area (TPSA) is 93.3 Å². The molecule has 130 valence electrons. The van der Waals surface area contributed by atoms with Gasteiger partial charge in [0.2, 0.25) is 0 Å². The Morgan fingerprint density at radius 1 is 1.25 bits per heavy atom. The molecular formula is C16H21N3O4S. The van der Waals surface area contributed by atoms with E-state index in [0.29, 0.717) is 19.5 Å². The molecule has 0 spiro atoms. The smallest absolute Gasteiger partial charge is 0.341 e. The van der Waals surface area contributed by atoms with Crippen LogP contribution in [0.15, 0.2) is 39.9 Å². The number of aromatic nitrogens is 2. The van der Waals surface area contributed by atoms with Crippen LogP contribution in [-0.4, -0.2) is 32.2 Å². The van der Waals surface area contributed by atoms with E-state index in [1.54, 1.807) is 6.92 Å². The molecule has 1 atom stereocenters. The monoisotopic (exact) mass is 351 g/mol. The Bertz CT molecular complexity index is 779. The third-order valence-corrected chi connectivity index (χ3v) is 4.58. The summed E-state index contributed by atoms with van der Waals surface area (Å²) >= 11 is 0.927. The molecule has 24 heavy (non-hydrogen) atoms. The maximum atomic E-state index is 12.3. The van der Waals surface area contributed by atoms with E-state index in [1.165, 1.54) is 8.52 Å². The summed E-state index contributed by atoms with van der Waals surface area (Å²) in [6.45, 7) is 2.88. The molecule has 0 bridgehead atoms. The summed E-state index contributed by atoms with van der Waals surface area (Å²) in [5, 5.41) is 11.6. The lowest BCUT2D eigenvalue weighted by Gasteiger charge is -2.08. The molecule has 1 aromatic carbocycles. The maximum absolute atomic E-state index is 12.3. The molecule has 2 rings (SSSR count). The minimum atomic E-state index is -0.887. The zero-order chi connectivity index (χ0) is 17.5. The Labute approximate surface area is 143 Å². The fourth-order valence-electron chi connectivity index (χ4n) is 2.22. The molecule has 0 saturated heterocycles. The summed E-state index contributed by atoms with van der Waals surface area (Å²) in [5.74, 6) is -0.887. The van der Waals surface area contributed by atoms with E-state index in [1.807, 2.05) is 30.3 Å². The molecule has 0 amide bonds. The van der Waals surface area contributed by atoms with E-state index < -0.39 is 12.0 Å². The van der Waals surface area contributed by atoms with Crippen molar-refractivity contribution in [3.05, 3.63) is 56.0 Å². The molecule has 1 heterocycles. The highest BCUT2D eigenvalue weighted by atomic mass is 32.1. The van der Waals surface area contributed by atoms with Crippen molar-refractivity contribution in [3.8, 4) is 0 Å². The summed E-state index contributed by atoms with van der Waals surface area (Å²) < 4.78 is 2.71. The van der Waals surface area contributed by atoms with Crippen molar-refractivity contribution in [2.75, 3.05) is 6.54 Å². The van der Waals surface area contributed by atoms with Gasteiger partial charge in [0.15, 0.2) is 0 Å². The molecule has 0 radical (unpaired) electrons. The lowest BCUT2D eigenvalue weighted by atomic mass is 10.2. The second kappa shape index (κ2) is 8.60. The van der Waals surface area contributed by atoms with Gasteiger partial charge in [-0.3, -0.25) is 9.59 Å². The molecule has 0 aliphatic rings. The number of nitrogens with zero attached hydrogens (tertiary/aromatic N) is 2. The van der Waals surface area contributed by atoms with Gasteiger partial charge < -0.3 is 10.4 Å². The van der Waals surface area contributed by atoms with Gasteiger partial charge in [-0.25, -0.2) is 13.3 Å². The number of hydrogen-bond acceptors (Lipinski definition) is 5. The number of unbranched alkanes of at least 4 members (excludes halogenated alkanes) is 1. The Hall–Kier alpha value is -2.19. The molecular weight excluding hydrogens is 330 g/mol. The molecule has 0 saturated carbocycles. The zero-order valence-corrected chi connectivity index (χ0v) is 14.3. The first-order valence-corrected chi connectivity index (χ1v) is 8.57. The molecule has 7 nitrogen and oxygen atoms in total. The van der Waals surface area contributed by atoms with Crippen molar-refractivity contribution < 1.29 is 9.90 Å². The van der Waals surface area contributed by atoms with Gasteiger partial charge in [0.05, 0.1) is 6.54 Å². The number of carboxylic acids is 1. The molecule has 0 aliphatic carbocycles. The third-order valence-electron chi connectivity index (χ3n) is 3.65. The van der Waals surface area contributed by atoms with Crippen LogP contribution in [0.3, 0.4) is 0 Å². The summed E-state index contributed by atoms with van der Waals surface area (Å²) in [7, 11) is 0. The highest BCUT2D eigenvalue weighted by Gasteiger charge is 2.11. The lowest BCUT2D eigenvalue weighted by molar-refractivity contribution is -0.138. The Kier molecular flexibility index (Phi) is 6.51. The summed E-state index contributed by atoms with van der Waals surface area (Å²) in [4.78, 5) is 34.7. The summed E-state index contributed by atoms with van der Waals surface area (Å²) in [5.41, 5.74) is 0.620. The largest absolute Gasteiger partial charge is 0.480 e. The molecule has 2 N–H and O–H groups in total. The maximum Gasteiger partial charge on any atom is 0.341 e. The van der Waals surface area contributed by atoms with E-state index in [0.717, 1.165) is 23.5 Å². The van der Waals surface area contributed by atoms with Crippen LogP contribution in [0.4, 0.5) is 0 Å². The van der Waals surface area contributed by atoms with Crippen molar-refractivity contribution in [1.29, 1.82) is 0 Å². The van der Waals surface area contributed by atoms with E-state index in [9.17, 15) is 14.4 Å². The van der Waals surface area contributed by atoms with Gasteiger partial charge in [-0.1, -0.05) is 30.3 Å². The average molecular weight is 351 g/mol. The van der Waals surface area contributed by atoms with E-state index in [-0.39, 0.29) is 17.1 Å². The molecule has 0 fully saturated rings. The van der Waals surface area contributed by atoms with Crippen molar-refractivity contribution >= 4 is 17.5 Å². The molecule has 8 heteroatoms. The van der Waals surface area contributed by atoms with Crippen LogP contribution in [0.2, 0.25) is 0 Å². The van der Waals surface area contributed by atoms with Crippen LogP contribution in [0.5, 0.6) is 0 Å². The zero-order valence-electron chi connectivity index (χ0n) is 13.5. The Balaban J connectivity index is 1.89. The summed E-state index contributed by atoms with van der Waals surface area (Å²) in [6.07, 6.45) is 1.43. The Morgan fingerprint density at radius 3 is 2.62 bits per heavy atom. The first-order valence-electron chi connectivity index (χ1n) is 7.80. The standard InChI is InChI=1S/C16H21N3O4S/c1-12(14(20)21)17-9-5-6-10-19-15(22)18(16(23)24-19)11-13-7-3-2-4-8-13/h2-4,7-8,12,17H,5-6,9-11H2,1H3,(H,20,21)/t12-/m0/s1. The van der Waals surface area contributed by atoms with Gasteiger partial charge in [-0.05, 0) is 31.9 Å². The average Bonchev–Trinajstić information content (AvgIpc) is 2.83. The predicted molar refractivity (Wildman–Crippen MR) is 92.7 cm³/mol. The normalized spacial score (nSPS) is 12.2. The second-order valence-electron chi connectivity index (χ2n) is 5.53. The van der Waals surface area contributed by atoms with Gasteiger partial charge in [-0.2, -0.15) is 0 Å². The fraction of sp³-hybridized carbons (Fsp3) is 0.438. The first kappa shape index (κ1) is 18.2. The van der Waals surface area contributed by atoms with E-state index in [2.05, 4.69) is 5.32 Å². The number of benzene rings is 1. The van der Waals surface area contributed by atoms with Crippen molar-refractivity contribution in [2.24, 2.45) is 0 Å². The third kappa shape index (κ3) is 4.90. The number of carboxylic acid groups (broad SMARTS) is 1. The minimum absolute atomic E-state index is 0.263. The number of carbonyl (C=O) groups is 1. The van der Waals surface area contributed by atoms with Crippen LogP contribution in [0.25, 0.3) is 0 Å². The second-order valence-corrected chi connectivity index (χ2v) is 6.51. The SMILES string of the molecule is C[C@H](NCCCCn1sc(=O)n(Cc2ccccc2)c1=O)C(=O)O. The number of aryl methyl sites for hydroxylation is 1. The van der Waals surface area contributed by atoms with Gasteiger partial charge in [-0.15, -0.1) is 0 Å². The van der Waals surface area contributed by atoms with Crippen molar-refractivity contribution in [1.82, 2.24) is 13.8 Å². The molecule has 2 aromatic rings. The van der Waals surface area contributed by atoms with Crippen LogP contribution in [-0.2, 0) is 17.9 Å². The number of rotatable bonds is 9. The predicted octanol–water partition coefficient (Wildman–Crippen LogP) is 0.963. The van der Waals surface area contributed by atoms with Crippen LogP contribution < -0.4 is 15.9 Å². The molecule has 1 aromatic heterocycles. The fourth-order valence-corrected chi connectivity index (χ4v) is 3.05. The first-order chi connectivity index (χ1) is 11.5. The highest BCUT2D eigenvalue weighted by molar-refractivity contribution is 7.03. The van der Waals surface area contributed by atoms with Crippen LogP contribution in [0.1, 0.15) is 25.3 Å². The number of hydrogen-bond donors (Lipinski definition) is 2.